The van der Waals surface area contributed by atoms with Gasteiger partial charge in [0.25, 0.3) is 5.91 Å². The van der Waals surface area contributed by atoms with E-state index in [1.165, 1.54) is 0 Å². The van der Waals surface area contributed by atoms with Crippen LogP contribution >= 0.6 is 0 Å². The SMILES string of the molecule is C=C1CC2COC(=O)C2(Cc2ccc(C(=O)NCCC(F)(F)F)cc2)C1. The molecule has 26 heavy (non-hydrogen) atoms. The van der Waals surface area contributed by atoms with Crippen LogP contribution in [-0.4, -0.2) is 31.2 Å². The van der Waals surface area contributed by atoms with Crippen LogP contribution in [-0.2, 0) is 16.0 Å². The van der Waals surface area contributed by atoms with Crippen LogP contribution in [0.3, 0.4) is 0 Å². The second-order valence-electron chi connectivity index (χ2n) is 7.08. The Morgan fingerprint density at radius 2 is 2.00 bits per heavy atom. The number of carbonyl (C=O) groups is 2. The highest BCUT2D eigenvalue weighted by atomic mass is 19.4. The molecule has 1 saturated carbocycles. The van der Waals surface area contributed by atoms with E-state index in [9.17, 15) is 22.8 Å². The topological polar surface area (TPSA) is 55.4 Å². The van der Waals surface area contributed by atoms with Gasteiger partial charge in [-0.1, -0.05) is 24.3 Å². The van der Waals surface area contributed by atoms with Crippen molar-refractivity contribution in [2.24, 2.45) is 11.3 Å². The molecule has 7 heteroatoms. The van der Waals surface area contributed by atoms with Crippen molar-refractivity contribution in [1.82, 2.24) is 5.32 Å². The van der Waals surface area contributed by atoms with E-state index in [0.29, 0.717) is 19.4 Å². The number of rotatable bonds is 5. The van der Waals surface area contributed by atoms with E-state index in [2.05, 4.69) is 11.9 Å². The highest BCUT2D eigenvalue weighted by Crippen LogP contribution is 2.52. The zero-order valence-corrected chi connectivity index (χ0v) is 14.2. The number of esters is 1. The van der Waals surface area contributed by atoms with Gasteiger partial charge in [-0.3, -0.25) is 9.59 Å². The van der Waals surface area contributed by atoms with Crippen molar-refractivity contribution in [3.8, 4) is 0 Å². The molecule has 2 unspecified atom stereocenters. The summed E-state index contributed by atoms with van der Waals surface area (Å²) in [5.41, 5.74) is 1.64. The molecule has 0 bridgehead atoms. The summed E-state index contributed by atoms with van der Waals surface area (Å²) < 4.78 is 41.6. The lowest BCUT2D eigenvalue weighted by Gasteiger charge is -2.24. The second kappa shape index (κ2) is 6.78. The summed E-state index contributed by atoms with van der Waals surface area (Å²) in [5.74, 6) is -0.616. The number of hydrogen-bond donors (Lipinski definition) is 1. The molecule has 1 aliphatic carbocycles. The molecule has 0 radical (unpaired) electrons. The Kier molecular flexibility index (Phi) is 4.82. The third kappa shape index (κ3) is 3.76. The van der Waals surface area contributed by atoms with Crippen LogP contribution < -0.4 is 5.32 Å². The summed E-state index contributed by atoms with van der Waals surface area (Å²) in [6.07, 6.45) is -3.46. The Balaban J connectivity index is 1.64. The lowest BCUT2D eigenvalue weighted by atomic mass is 9.75. The second-order valence-corrected chi connectivity index (χ2v) is 7.08. The molecule has 1 N–H and O–H groups in total. The Morgan fingerprint density at radius 1 is 1.31 bits per heavy atom. The predicted molar refractivity (Wildman–Crippen MR) is 88.4 cm³/mol. The van der Waals surface area contributed by atoms with E-state index in [-0.39, 0.29) is 17.5 Å². The number of ether oxygens (including phenoxy) is 1. The molecule has 0 aromatic heterocycles. The number of nitrogens with one attached hydrogen (secondary N) is 1. The van der Waals surface area contributed by atoms with Crippen LogP contribution in [0.15, 0.2) is 36.4 Å². The molecule has 140 valence electrons. The zero-order valence-electron chi connectivity index (χ0n) is 14.2. The zero-order chi connectivity index (χ0) is 18.9. The van der Waals surface area contributed by atoms with Gasteiger partial charge in [-0.25, -0.2) is 0 Å². The molecule has 2 aliphatic rings. The van der Waals surface area contributed by atoms with E-state index in [1.807, 2.05) is 0 Å². The molecular weight excluding hydrogens is 347 g/mol. The summed E-state index contributed by atoms with van der Waals surface area (Å²) in [6, 6.07) is 6.59. The molecule has 1 aliphatic heterocycles. The first-order chi connectivity index (χ1) is 12.2. The lowest BCUT2D eigenvalue weighted by molar-refractivity contribution is -0.146. The van der Waals surface area contributed by atoms with Crippen molar-refractivity contribution in [1.29, 1.82) is 0 Å². The monoisotopic (exact) mass is 367 g/mol. The van der Waals surface area contributed by atoms with Gasteiger partial charge in [-0.05, 0) is 37.0 Å². The summed E-state index contributed by atoms with van der Waals surface area (Å²) in [7, 11) is 0. The molecule has 2 fully saturated rings. The largest absolute Gasteiger partial charge is 0.465 e. The van der Waals surface area contributed by atoms with Gasteiger partial charge in [0.2, 0.25) is 0 Å². The van der Waals surface area contributed by atoms with Crippen LogP contribution in [0.1, 0.15) is 35.2 Å². The smallest absolute Gasteiger partial charge is 0.390 e. The van der Waals surface area contributed by atoms with Crippen LogP contribution in [0, 0.1) is 11.3 Å². The molecule has 2 atom stereocenters. The quantitative estimate of drug-likeness (QED) is 0.641. The third-order valence-electron chi connectivity index (χ3n) is 5.13. The van der Waals surface area contributed by atoms with E-state index < -0.39 is 30.5 Å². The van der Waals surface area contributed by atoms with E-state index in [0.717, 1.165) is 17.6 Å². The minimum absolute atomic E-state index is 0.132. The van der Waals surface area contributed by atoms with Crippen LogP contribution in [0.5, 0.6) is 0 Å². The van der Waals surface area contributed by atoms with Crippen molar-refractivity contribution in [2.75, 3.05) is 13.2 Å². The molecule has 1 amide bonds. The first-order valence-electron chi connectivity index (χ1n) is 8.47. The number of benzene rings is 1. The fourth-order valence-electron chi connectivity index (χ4n) is 3.82. The third-order valence-corrected chi connectivity index (χ3v) is 5.13. The molecular formula is C19H20F3NO3. The maximum Gasteiger partial charge on any atom is 0.390 e. The Bertz CT molecular complexity index is 727. The van der Waals surface area contributed by atoms with Crippen molar-refractivity contribution in [3.05, 3.63) is 47.5 Å². The molecule has 3 rings (SSSR count). The van der Waals surface area contributed by atoms with Gasteiger partial charge in [0, 0.05) is 18.0 Å². The molecule has 4 nitrogen and oxygen atoms in total. The van der Waals surface area contributed by atoms with E-state index in [4.69, 9.17) is 4.74 Å². The van der Waals surface area contributed by atoms with Gasteiger partial charge < -0.3 is 10.1 Å². The van der Waals surface area contributed by atoms with Crippen molar-refractivity contribution >= 4 is 11.9 Å². The maximum absolute atomic E-state index is 12.3. The minimum Gasteiger partial charge on any atom is -0.465 e. The van der Waals surface area contributed by atoms with Gasteiger partial charge in [0.05, 0.1) is 18.4 Å². The number of allylic oxidation sites excluding steroid dienone is 1. The lowest BCUT2D eigenvalue weighted by Crippen LogP contribution is -2.31. The summed E-state index contributed by atoms with van der Waals surface area (Å²) in [5, 5.41) is 2.25. The molecule has 1 saturated heterocycles. The highest BCUT2D eigenvalue weighted by Gasteiger charge is 2.55. The van der Waals surface area contributed by atoms with Crippen molar-refractivity contribution < 1.29 is 27.5 Å². The average molecular weight is 367 g/mol. The van der Waals surface area contributed by atoms with Gasteiger partial charge in [0.1, 0.15) is 0 Å². The summed E-state index contributed by atoms with van der Waals surface area (Å²) in [6.45, 7) is 3.96. The van der Waals surface area contributed by atoms with Gasteiger partial charge >= 0.3 is 12.1 Å². The molecule has 0 spiro atoms. The van der Waals surface area contributed by atoms with Crippen LogP contribution in [0.25, 0.3) is 0 Å². The van der Waals surface area contributed by atoms with E-state index >= 15 is 0 Å². The van der Waals surface area contributed by atoms with Crippen LogP contribution in [0.4, 0.5) is 13.2 Å². The van der Waals surface area contributed by atoms with Crippen molar-refractivity contribution in [2.45, 2.75) is 31.9 Å². The number of amides is 1. The number of carbonyl (C=O) groups excluding carboxylic acids is 2. The maximum atomic E-state index is 12.3. The number of fused-ring (bicyclic) bond motifs is 1. The van der Waals surface area contributed by atoms with Gasteiger partial charge in [-0.15, -0.1) is 0 Å². The predicted octanol–water partition coefficient (Wildman–Crippen LogP) is 3.42. The Hall–Kier alpha value is -2.31. The minimum atomic E-state index is -4.30. The fraction of sp³-hybridized carbons (Fsp3) is 0.474. The summed E-state index contributed by atoms with van der Waals surface area (Å²) >= 11 is 0. The molecule has 1 heterocycles. The fourth-order valence-corrected chi connectivity index (χ4v) is 3.82. The number of hydrogen-bond acceptors (Lipinski definition) is 3. The molecule has 1 aromatic rings. The number of alkyl halides is 3. The molecule has 1 aromatic carbocycles. The van der Waals surface area contributed by atoms with Gasteiger partial charge in [0.15, 0.2) is 0 Å². The standard InChI is InChI=1S/C19H20F3NO3/c1-12-8-15-11-26-17(25)18(15,9-12)10-13-2-4-14(5-3-13)16(24)23-7-6-19(20,21)22/h2-5,15H,1,6-11H2,(H,23,24). The van der Waals surface area contributed by atoms with E-state index in [1.54, 1.807) is 24.3 Å². The van der Waals surface area contributed by atoms with Gasteiger partial charge in [-0.2, -0.15) is 13.2 Å². The first-order valence-corrected chi connectivity index (χ1v) is 8.47. The van der Waals surface area contributed by atoms with Crippen LogP contribution in [0.2, 0.25) is 0 Å². The van der Waals surface area contributed by atoms with Crippen molar-refractivity contribution in [3.63, 3.8) is 0 Å². The average Bonchev–Trinajstić information content (AvgIpc) is 3.02. The number of cyclic esters (lactones) is 1. The Labute approximate surface area is 149 Å². The Morgan fingerprint density at radius 3 is 2.65 bits per heavy atom. The first kappa shape index (κ1) is 18.5. The normalized spacial score (nSPS) is 25.1. The summed E-state index contributed by atoms with van der Waals surface area (Å²) in [4.78, 5) is 24.2. The number of halogens is 3. The highest BCUT2D eigenvalue weighted by molar-refractivity contribution is 5.94.